The molecule has 2 N–H and O–H groups in total. The topological polar surface area (TPSA) is 65.5 Å². The molecule has 1 saturated carbocycles. The van der Waals surface area contributed by atoms with Crippen LogP contribution in [0.5, 0.6) is 0 Å². The van der Waals surface area contributed by atoms with Crippen LogP contribution in [0, 0.1) is 0 Å². The van der Waals surface area contributed by atoms with Crippen molar-refractivity contribution >= 4 is 11.6 Å². The minimum absolute atomic E-state index is 0.0568. The lowest BCUT2D eigenvalue weighted by Crippen LogP contribution is -2.48. The molecule has 1 aromatic heterocycles. The highest BCUT2D eigenvalue weighted by molar-refractivity contribution is 5.81. The number of para-hydroxylation sites is 1. The van der Waals surface area contributed by atoms with Crippen molar-refractivity contribution in [1.82, 2.24) is 10.3 Å². The Balaban J connectivity index is 1.67. The van der Waals surface area contributed by atoms with Gasteiger partial charge in [-0.25, -0.2) is 0 Å². The number of amides is 1. The Labute approximate surface area is 148 Å². The van der Waals surface area contributed by atoms with E-state index in [4.69, 9.17) is 0 Å². The van der Waals surface area contributed by atoms with Crippen molar-refractivity contribution in [3.8, 4) is 0 Å². The van der Waals surface area contributed by atoms with Crippen molar-refractivity contribution in [1.29, 1.82) is 0 Å². The van der Waals surface area contributed by atoms with Crippen LogP contribution < -0.4 is 10.2 Å². The van der Waals surface area contributed by atoms with Gasteiger partial charge in [-0.15, -0.1) is 0 Å². The van der Waals surface area contributed by atoms with Crippen molar-refractivity contribution < 1.29 is 9.90 Å². The number of nitrogens with zero attached hydrogens (tertiary/aromatic N) is 2. The van der Waals surface area contributed by atoms with E-state index in [0.717, 1.165) is 36.9 Å². The molecule has 1 aliphatic rings. The first-order valence-electron chi connectivity index (χ1n) is 8.89. The second kappa shape index (κ2) is 8.62. The molecule has 2 aromatic rings. The molecule has 1 aromatic carbocycles. The van der Waals surface area contributed by atoms with Gasteiger partial charge in [0.1, 0.15) is 0 Å². The van der Waals surface area contributed by atoms with Crippen LogP contribution in [0.2, 0.25) is 0 Å². The smallest absolute Gasteiger partial charge is 0.239 e. The number of carbonyl (C=O) groups is 1. The van der Waals surface area contributed by atoms with Crippen LogP contribution in [0.15, 0.2) is 54.9 Å². The van der Waals surface area contributed by atoms with Crippen molar-refractivity contribution in [2.24, 2.45) is 0 Å². The number of benzene rings is 1. The van der Waals surface area contributed by atoms with Crippen LogP contribution in [0.3, 0.4) is 0 Å². The maximum absolute atomic E-state index is 12.6. The van der Waals surface area contributed by atoms with Crippen LogP contribution in [0.25, 0.3) is 0 Å². The summed E-state index contributed by atoms with van der Waals surface area (Å²) in [5.74, 6) is -0.0568. The number of anilines is 1. The number of aromatic nitrogens is 1. The van der Waals surface area contributed by atoms with Gasteiger partial charge in [0.05, 0.1) is 18.7 Å². The van der Waals surface area contributed by atoms with Gasteiger partial charge in [-0.3, -0.25) is 9.78 Å². The maximum Gasteiger partial charge on any atom is 0.239 e. The monoisotopic (exact) mass is 339 g/mol. The molecular formula is C20H25N3O2. The third kappa shape index (κ3) is 5.03. The number of carbonyl (C=O) groups excluding carboxylic acids is 1. The maximum atomic E-state index is 12.6. The Morgan fingerprint density at radius 2 is 1.96 bits per heavy atom. The zero-order valence-corrected chi connectivity index (χ0v) is 14.3. The molecule has 1 fully saturated rings. The zero-order chi connectivity index (χ0) is 17.5. The van der Waals surface area contributed by atoms with Gasteiger partial charge in [-0.1, -0.05) is 37.1 Å². The van der Waals surface area contributed by atoms with E-state index in [1.165, 1.54) is 0 Å². The molecule has 5 nitrogen and oxygen atoms in total. The first-order valence-corrected chi connectivity index (χ1v) is 8.89. The van der Waals surface area contributed by atoms with Crippen molar-refractivity contribution in [3.05, 3.63) is 60.4 Å². The summed E-state index contributed by atoms with van der Waals surface area (Å²) in [6.07, 6.45) is 6.84. The van der Waals surface area contributed by atoms with Gasteiger partial charge in [-0.05, 0) is 36.6 Å². The third-order valence-electron chi connectivity index (χ3n) is 4.63. The minimum Gasteiger partial charge on any atom is -0.391 e. The Hall–Kier alpha value is -2.40. The molecule has 2 unspecified atom stereocenters. The van der Waals surface area contributed by atoms with Crippen molar-refractivity contribution in [3.63, 3.8) is 0 Å². The lowest BCUT2D eigenvalue weighted by Gasteiger charge is -2.30. The largest absolute Gasteiger partial charge is 0.391 e. The van der Waals surface area contributed by atoms with Gasteiger partial charge >= 0.3 is 0 Å². The van der Waals surface area contributed by atoms with Crippen molar-refractivity contribution in [2.45, 2.75) is 44.4 Å². The van der Waals surface area contributed by atoms with E-state index in [0.29, 0.717) is 6.54 Å². The predicted octanol–water partition coefficient (Wildman–Crippen LogP) is 2.51. The van der Waals surface area contributed by atoms with E-state index in [-0.39, 0.29) is 18.5 Å². The zero-order valence-electron chi connectivity index (χ0n) is 14.3. The number of nitrogens with one attached hydrogen (secondary N) is 1. The number of aliphatic hydroxyl groups is 1. The Bertz CT molecular complexity index is 663. The molecule has 1 heterocycles. The van der Waals surface area contributed by atoms with Gasteiger partial charge in [0.15, 0.2) is 0 Å². The van der Waals surface area contributed by atoms with Gasteiger partial charge in [-0.2, -0.15) is 0 Å². The molecule has 0 saturated heterocycles. The molecule has 0 bridgehead atoms. The second-order valence-electron chi connectivity index (χ2n) is 6.58. The number of pyridine rings is 1. The summed E-state index contributed by atoms with van der Waals surface area (Å²) in [6, 6.07) is 13.7. The van der Waals surface area contributed by atoms with E-state index < -0.39 is 6.10 Å². The highest BCUT2D eigenvalue weighted by Gasteiger charge is 2.25. The number of hydrogen-bond donors (Lipinski definition) is 2. The van der Waals surface area contributed by atoms with Crippen LogP contribution in [0.4, 0.5) is 5.69 Å². The van der Waals surface area contributed by atoms with Crippen LogP contribution in [0.1, 0.15) is 31.2 Å². The summed E-state index contributed by atoms with van der Waals surface area (Å²) < 4.78 is 0. The summed E-state index contributed by atoms with van der Waals surface area (Å²) >= 11 is 0. The summed E-state index contributed by atoms with van der Waals surface area (Å²) in [5, 5.41) is 13.1. The normalized spacial score (nSPS) is 20.0. The fourth-order valence-corrected chi connectivity index (χ4v) is 3.29. The van der Waals surface area contributed by atoms with Gasteiger partial charge in [0.2, 0.25) is 5.91 Å². The quantitative estimate of drug-likeness (QED) is 0.849. The molecule has 0 radical (unpaired) electrons. The van der Waals surface area contributed by atoms with E-state index >= 15 is 0 Å². The summed E-state index contributed by atoms with van der Waals surface area (Å²) in [4.78, 5) is 18.7. The Morgan fingerprint density at radius 1 is 1.16 bits per heavy atom. The Morgan fingerprint density at radius 3 is 2.68 bits per heavy atom. The van der Waals surface area contributed by atoms with Crippen LogP contribution in [-0.4, -0.2) is 34.7 Å². The average molecular weight is 339 g/mol. The summed E-state index contributed by atoms with van der Waals surface area (Å²) in [5.41, 5.74) is 2.04. The van der Waals surface area contributed by atoms with Crippen molar-refractivity contribution in [2.75, 3.05) is 11.4 Å². The summed E-state index contributed by atoms with van der Waals surface area (Å²) in [7, 11) is 0. The summed E-state index contributed by atoms with van der Waals surface area (Å²) in [6.45, 7) is 0.862. The molecule has 5 heteroatoms. The predicted molar refractivity (Wildman–Crippen MR) is 98.1 cm³/mol. The fourth-order valence-electron chi connectivity index (χ4n) is 3.29. The number of aliphatic hydroxyl groups excluding tert-OH is 1. The molecule has 0 spiro atoms. The van der Waals surface area contributed by atoms with E-state index in [2.05, 4.69) is 10.3 Å². The average Bonchev–Trinajstić information content (AvgIpc) is 2.65. The molecule has 132 valence electrons. The van der Waals surface area contributed by atoms with E-state index in [9.17, 15) is 9.90 Å². The van der Waals surface area contributed by atoms with Gasteiger partial charge in [0.25, 0.3) is 0 Å². The molecule has 3 rings (SSSR count). The van der Waals surface area contributed by atoms with Crippen LogP contribution >= 0.6 is 0 Å². The van der Waals surface area contributed by atoms with Gasteiger partial charge in [0, 0.05) is 24.6 Å². The third-order valence-corrected chi connectivity index (χ3v) is 4.63. The van der Waals surface area contributed by atoms with Gasteiger partial charge < -0.3 is 15.3 Å². The fraction of sp³-hybridized carbons (Fsp3) is 0.400. The highest BCUT2D eigenvalue weighted by Crippen LogP contribution is 2.19. The second-order valence-corrected chi connectivity index (χ2v) is 6.58. The highest BCUT2D eigenvalue weighted by atomic mass is 16.3. The van der Waals surface area contributed by atoms with E-state index in [1.807, 2.05) is 53.6 Å². The molecule has 0 aliphatic heterocycles. The lowest BCUT2D eigenvalue weighted by atomic mass is 9.92. The first kappa shape index (κ1) is 17.4. The first-order chi connectivity index (χ1) is 12.2. The Kier molecular flexibility index (Phi) is 6.01. The molecule has 1 aliphatic carbocycles. The number of rotatable bonds is 6. The number of hydrogen-bond acceptors (Lipinski definition) is 4. The minimum atomic E-state index is -0.429. The molecule has 25 heavy (non-hydrogen) atoms. The molecule has 2 atom stereocenters. The standard InChI is InChI=1S/C20H25N3O2/c24-19-11-5-4-10-18(19)22-20(25)15-23(17-8-2-1-3-9-17)14-16-7-6-12-21-13-16/h1-3,6-9,12-13,18-19,24H,4-5,10-11,14-15H2,(H,22,25). The van der Waals surface area contributed by atoms with Crippen LogP contribution in [-0.2, 0) is 11.3 Å². The van der Waals surface area contributed by atoms with E-state index in [1.54, 1.807) is 6.20 Å². The lowest BCUT2D eigenvalue weighted by molar-refractivity contribution is -0.121. The molecular weight excluding hydrogens is 314 g/mol. The SMILES string of the molecule is O=C(CN(Cc1cccnc1)c1ccccc1)NC1CCCCC1O. The molecule has 1 amide bonds.